The van der Waals surface area contributed by atoms with Crippen LogP contribution in [0.2, 0.25) is 0 Å². The van der Waals surface area contributed by atoms with Crippen LogP contribution in [0.25, 0.3) is 0 Å². The maximum atomic E-state index is 11.6. The number of benzene rings is 1. The summed E-state index contributed by atoms with van der Waals surface area (Å²) in [5, 5.41) is 21.7. The highest BCUT2D eigenvalue weighted by Gasteiger charge is 2.23. The number of nitro groups is 1. The molecule has 0 saturated carbocycles. The van der Waals surface area contributed by atoms with Crippen LogP contribution in [0.15, 0.2) is 28.4 Å². The maximum Gasteiger partial charge on any atom is 0.343 e. The van der Waals surface area contributed by atoms with Gasteiger partial charge in [0.25, 0.3) is 5.69 Å². The third kappa shape index (κ3) is 2.45. The van der Waals surface area contributed by atoms with Crippen molar-refractivity contribution in [2.24, 2.45) is 0 Å². The molecule has 0 amide bonds. The van der Waals surface area contributed by atoms with Crippen molar-refractivity contribution < 1.29 is 14.8 Å². The first kappa shape index (κ1) is 13.9. The molecular weight excluding hydrogens is 284 g/mol. The minimum atomic E-state index is -1.38. The van der Waals surface area contributed by atoms with E-state index in [1.54, 1.807) is 12.3 Å². The molecular formula is C12H10N2O5S. The molecule has 0 fully saturated rings. The van der Waals surface area contributed by atoms with E-state index >= 15 is 0 Å². The number of hydrogen-bond donors (Lipinski definition) is 1. The zero-order chi connectivity index (χ0) is 14.9. The Hall–Kier alpha value is -2.48. The summed E-state index contributed by atoms with van der Waals surface area (Å²) in [7, 11) is 0. The lowest BCUT2D eigenvalue weighted by molar-refractivity contribution is -0.385. The minimum absolute atomic E-state index is 0.00250. The van der Waals surface area contributed by atoms with E-state index in [-0.39, 0.29) is 22.5 Å². The van der Waals surface area contributed by atoms with Crippen molar-refractivity contribution in [1.82, 2.24) is 4.57 Å². The molecule has 1 aromatic heterocycles. The number of carboxylic acid groups (broad SMARTS) is 1. The number of hydrogen-bond acceptors (Lipinski definition) is 5. The van der Waals surface area contributed by atoms with Crippen molar-refractivity contribution in [3.05, 3.63) is 60.2 Å². The van der Waals surface area contributed by atoms with Gasteiger partial charge in [0.15, 0.2) is 0 Å². The van der Waals surface area contributed by atoms with Crippen molar-refractivity contribution >= 4 is 23.0 Å². The Morgan fingerprint density at radius 2 is 2.20 bits per heavy atom. The van der Waals surface area contributed by atoms with Crippen LogP contribution in [0, 0.1) is 17.0 Å². The minimum Gasteiger partial charge on any atom is -0.477 e. The van der Waals surface area contributed by atoms with Crippen molar-refractivity contribution in [2.75, 3.05) is 0 Å². The van der Waals surface area contributed by atoms with Crippen LogP contribution in [-0.2, 0) is 6.54 Å². The second-order valence-corrected chi connectivity index (χ2v) is 4.92. The molecule has 0 saturated heterocycles. The van der Waals surface area contributed by atoms with Crippen molar-refractivity contribution in [2.45, 2.75) is 13.5 Å². The quantitative estimate of drug-likeness (QED) is 0.685. The molecule has 2 rings (SSSR count). The van der Waals surface area contributed by atoms with Crippen LogP contribution >= 0.6 is 11.3 Å². The van der Waals surface area contributed by atoms with Gasteiger partial charge in [0.2, 0.25) is 0 Å². The standard InChI is InChI=1S/C12H10N2O5S/c1-7-6-20-12(17)13(7)5-8-3-2-4-9(14(18)19)10(8)11(15)16/h2-4,6H,5H2,1H3,(H,15,16). The molecule has 0 spiro atoms. The number of rotatable bonds is 4. The topological polar surface area (TPSA) is 102 Å². The average molecular weight is 294 g/mol. The number of nitrogens with zero attached hydrogens (tertiary/aromatic N) is 2. The Morgan fingerprint density at radius 3 is 2.70 bits per heavy atom. The van der Waals surface area contributed by atoms with Gasteiger partial charge in [-0.1, -0.05) is 23.5 Å². The fourth-order valence-corrected chi connectivity index (χ4v) is 2.62. The van der Waals surface area contributed by atoms with Gasteiger partial charge < -0.3 is 5.11 Å². The SMILES string of the molecule is Cc1csc(=O)n1Cc1cccc([N+](=O)[O-])c1C(=O)O. The summed E-state index contributed by atoms with van der Waals surface area (Å²) < 4.78 is 1.39. The van der Waals surface area contributed by atoms with Crippen molar-refractivity contribution in [3.8, 4) is 0 Å². The monoisotopic (exact) mass is 294 g/mol. The zero-order valence-electron chi connectivity index (χ0n) is 10.4. The zero-order valence-corrected chi connectivity index (χ0v) is 11.2. The molecule has 0 unspecified atom stereocenters. The van der Waals surface area contributed by atoms with Gasteiger partial charge in [-0.15, -0.1) is 0 Å². The Morgan fingerprint density at radius 1 is 1.50 bits per heavy atom. The maximum absolute atomic E-state index is 11.6. The summed E-state index contributed by atoms with van der Waals surface area (Å²) in [4.78, 5) is 32.8. The number of aryl methyl sites for hydroxylation is 1. The van der Waals surface area contributed by atoms with Gasteiger partial charge >= 0.3 is 10.8 Å². The third-order valence-corrected chi connectivity index (χ3v) is 3.73. The molecule has 1 aromatic carbocycles. The lowest BCUT2D eigenvalue weighted by atomic mass is 10.1. The molecule has 7 nitrogen and oxygen atoms in total. The molecule has 0 radical (unpaired) electrons. The lowest BCUT2D eigenvalue weighted by Gasteiger charge is -2.08. The normalized spacial score (nSPS) is 10.4. The van der Waals surface area contributed by atoms with E-state index in [9.17, 15) is 24.8 Å². The van der Waals surface area contributed by atoms with E-state index in [1.807, 2.05) is 0 Å². The highest BCUT2D eigenvalue weighted by Crippen LogP contribution is 2.23. The van der Waals surface area contributed by atoms with E-state index in [0.717, 1.165) is 17.4 Å². The predicted molar refractivity (Wildman–Crippen MR) is 72.5 cm³/mol. The molecule has 2 aromatic rings. The summed E-state index contributed by atoms with van der Waals surface area (Å²) >= 11 is 1.00. The fourth-order valence-electron chi connectivity index (χ4n) is 1.88. The largest absolute Gasteiger partial charge is 0.477 e. The number of nitro benzene ring substituents is 1. The van der Waals surface area contributed by atoms with E-state index < -0.39 is 16.6 Å². The molecule has 1 N–H and O–H groups in total. The molecule has 1 heterocycles. The Bertz CT molecular complexity index is 747. The third-order valence-electron chi connectivity index (χ3n) is 2.84. The van der Waals surface area contributed by atoms with E-state index in [1.165, 1.54) is 16.7 Å². The summed E-state index contributed by atoms with van der Waals surface area (Å²) in [5.41, 5.74) is 0.0593. The molecule has 0 aliphatic carbocycles. The Balaban J connectivity index is 2.58. The van der Waals surface area contributed by atoms with E-state index in [0.29, 0.717) is 5.69 Å². The number of carbonyl (C=O) groups is 1. The molecule has 104 valence electrons. The molecule has 0 aliphatic rings. The predicted octanol–water partition coefficient (Wildman–Crippen LogP) is 1.87. The number of thiazole rings is 1. The summed E-state index contributed by atoms with van der Waals surface area (Å²) in [5.74, 6) is -1.38. The smallest absolute Gasteiger partial charge is 0.343 e. The van der Waals surface area contributed by atoms with Gasteiger partial charge in [0, 0.05) is 17.1 Å². The fraction of sp³-hybridized carbons (Fsp3) is 0.167. The first-order chi connectivity index (χ1) is 9.41. The highest BCUT2D eigenvalue weighted by molar-refractivity contribution is 7.07. The summed E-state index contributed by atoms with van der Waals surface area (Å²) in [6.45, 7) is 1.72. The molecule has 0 bridgehead atoms. The summed E-state index contributed by atoms with van der Waals surface area (Å²) in [6, 6.07) is 4.02. The lowest BCUT2D eigenvalue weighted by Crippen LogP contribution is -2.18. The van der Waals surface area contributed by atoms with Gasteiger partial charge in [-0.3, -0.25) is 19.5 Å². The van der Waals surface area contributed by atoms with Crippen LogP contribution in [0.5, 0.6) is 0 Å². The van der Waals surface area contributed by atoms with Crippen LogP contribution in [0.4, 0.5) is 5.69 Å². The molecule has 20 heavy (non-hydrogen) atoms. The number of aromatic carboxylic acids is 1. The first-order valence-electron chi connectivity index (χ1n) is 5.56. The van der Waals surface area contributed by atoms with Crippen LogP contribution in [0.1, 0.15) is 21.6 Å². The highest BCUT2D eigenvalue weighted by atomic mass is 32.1. The van der Waals surface area contributed by atoms with Crippen LogP contribution in [-0.4, -0.2) is 20.6 Å². The second-order valence-electron chi connectivity index (χ2n) is 4.10. The molecule has 0 atom stereocenters. The van der Waals surface area contributed by atoms with E-state index in [4.69, 9.17) is 0 Å². The van der Waals surface area contributed by atoms with Crippen LogP contribution < -0.4 is 4.87 Å². The van der Waals surface area contributed by atoms with Gasteiger partial charge in [-0.25, -0.2) is 4.79 Å². The van der Waals surface area contributed by atoms with Gasteiger partial charge in [0.05, 0.1) is 11.5 Å². The number of carboxylic acids is 1. The average Bonchev–Trinajstić information content (AvgIpc) is 2.70. The first-order valence-corrected chi connectivity index (χ1v) is 6.44. The van der Waals surface area contributed by atoms with Gasteiger partial charge in [-0.2, -0.15) is 0 Å². The van der Waals surface area contributed by atoms with Crippen molar-refractivity contribution in [3.63, 3.8) is 0 Å². The van der Waals surface area contributed by atoms with Gasteiger partial charge in [0.1, 0.15) is 5.56 Å². The van der Waals surface area contributed by atoms with Crippen molar-refractivity contribution in [1.29, 1.82) is 0 Å². The molecule has 8 heteroatoms. The second kappa shape index (κ2) is 5.25. The van der Waals surface area contributed by atoms with E-state index in [2.05, 4.69) is 0 Å². The number of aromatic nitrogens is 1. The summed E-state index contributed by atoms with van der Waals surface area (Å²) in [6.07, 6.45) is 0. The Labute approximate surface area is 116 Å². The van der Waals surface area contributed by atoms with Gasteiger partial charge in [-0.05, 0) is 12.5 Å². The molecule has 0 aliphatic heterocycles. The van der Waals surface area contributed by atoms with Crippen LogP contribution in [0.3, 0.4) is 0 Å². The Kier molecular flexibility index (Phi) is 3.66.